The summed E-state index contributed by atoms with van der Waals surface area (Å²) in [6.07, 6.45) is 7.60. The van der Waals surface area contributed by atoms with E-state index >= 15 is 0 Å². The zero-order valence-corrected chi connectivity index (χ0v) is 25.5. The molecule has 4 saturated carbocycles. The van der Waals surface area contributed by atoms with E-state index in [1.807, 2.05) is 0 Å². The van der Waals surface area contributed by atoms with Crippen LogP contribution in [0.4, 0.5) is 18.0 Å². The SMILES string of the molecule is O=C(NC12CC3CC(CC(C3)C1)C2)N(CCCN1CCC(Cc2ccccc2)CC1)Cc1ccccc1.O=C(O)C(F)(F)F. The third-order valence-electron chi connectivity index (χ3n) is 10.1. The number of hydrogen-bond donors (Lipinski definition) is 2. The fraction of sp³-hybridized carbons (Fsp3) is 0.600. The molecule has 240 valence electrons. The normalized spacial score (nSPS) is 26.5. The Morgan fingerprint density at radius 1 is 0.864 bits per heavy atom. The topological polar surface area (TPSA) is 72.9 Å². The number of amides is 2. The van der Waals surface area contributed by atoms with Gasteiger partial charge in [0.2, 0.25) is 0 Å². The number of carbonyl (C=O) groups excluding carboxylic acids is 1. The summed E-state index contributed by atoms with van der Waals surface area (Å²) in [4.78, 5) is 27.4. The molecule has 2 aromatic rings. The van der Waals surface area contributed by atoms with Crippen molar-refractivity contribution in [1.82, 2.24) is 15.1 Å². The van der Waals surface area contributed by atoms with Gasteiger partial charge in [0.05, 0.1) is 0 Å². The first-order valence-corrected chi connectivity index (χ1v) is 16.2. The van der Waals surface area contributed by atoms with Crippen molar-refractivity contribution in [3.63, 3.8) is 0 Å². The second-order valence-corrected chi connectivity index (χ2v) is 13.7. The van der Waals surface area contributed by atoms with Crippen LogP contribution >= 0.6 is 0 Å². The summed E-state index contributed by atoms with van der Waals surface area (Å²) in [6.45, 7) is 5.01. The summed E-state index contributed by atoms with van der Waals surface area (Å²) in [5.74, 6) is 0.587. The van der Waals surface area contributed by atoms with Crippen LogP contribution in [0.3, 0.4) is 0 Å². The van der Waals surface area contributed by atoms with Gasteiger partial charge in [0, 0.05) is 18.6 Å². The van der Waals surface area contributed by atoms with E-state index in [-0.39, 0.29) is 11.6 Å². The van der Waals surface area contributed by atoms with E-state index in [4.69, 9.17) is 9.90 Å². The second kappa shape index (κ2) is 14.4. The molecule has 5 fully saturated rings. The number of piperidine rings is 1. The van der Waals surface area contributed by atoms with E-state index in [1.165, 1.54) is 82.0 Å². The minimum absolute atomic E-state index is 0.0708. The number of nitrogens with zero attached hydrogens (tertiary/aromatic N) is 2. The Kier molecular flexibility index (Phi) is 10.5. The van der Waals surface area contributed by atoms with Crippen LogP contribution < -0.4 is 5.32 Å². The lowest BCUT2D eigenvalue weighted by molar-refractivity contribution is -0.192. The van der Waals surface area contributed by atoms with Gasteiger partial charge in [-0.15, -0.1) is 0 Å². The highest BCUT2D eigenvalue weighted by atomic mass is 19.4. The molecule has 44 heavy (non-hydrogen) atoms. The molecular formula is C35H46F3N3O3. The summed E-state index contributed by atoms with van der Waals surface area (Å²) >= 11 is 0. The van der Waals surface area contributed by atoms with Crippen LogP contribution in [0.15, 0.2) is 60.7 Å². The van der Waals surface area contributed by atoms with Gasteiger partial charge in [-0.3, -0.25) is 0 Å². The Bertz CT molecular complexity index is 1180. The summed E-state index contributed by atoms with van der Waals surface area (Å²) in [7, 11) is 0. The average Bonchev–Trinajstić information content (AvgIpc) is 2.97. The molecule has 0 atom stereocenters. The van der Waals surface area contributed by atoms with Gasteiger partial charge in [-0.1, -0.05) is 60.7 Å². The number of carboxylic acids is 1. The molecule has 6 nitrogen and oxygen atoms in total. The van der Waals surface area contributed by atoms with E-state index in [2.05, 4.69) is 75.8 Å². The Labute approximate surface area is 259 Å². The van der Waals surface area contributed by atoms with Gasteiger partial charge in [-0.2, -0.15) is 13.2 Å². The average molecular weight is 614 g/mol. The maximum Gasteiger partial charge on any atom is 0.490 e. The fourth-order valence-electron chi connectivity index (χ4n) is 8.47. The highest BCUT2D eigenvalue weighted by Crippen LogP contribution is 2.55. The van der Waals surface area contributed by atoms with Crippen molar-refractivity contribution >= 4 is 12.0 Å². The summed E-state index contributed by atoms with van der Waals surface area (Å²) in [5, 5.41) is 10.8. The maximum atomic E-state index is 13.7. The molecule has 0 radical (unpaired) electrons. The van der Waals surface area contributed by atoms with Crippen molar-refractivity contribution in [3.8, 4) is 0 Å². The van der Waals surface area contributed by atoms with Gasteiger partial charge in [0.25, 0.3) is 0 Å². The number of likely N-dealkylation sites (tertiary alicyclic amines) is 1. The number of carboxylic acid groups (broad SMARTS) is 1. The molecule has 4 bridgehead atoms. The molecule has 0 spiro atoms. The van der Waals surface area contributed by atoms with Crippen LogP contribution in [0.2, 0.25) is 0 Å². The van der Waals surface area contributed by atoms with E-state index < -0.39 is 12.1 Å². The number of urea groups is 1. The molecule has 0 aromatic heterocycles. The van der Waals surface area contributed by atoms with E-state index in [9.17, 15) is 18.0 Å². The van der Waals surface area contributed by atoms with Gasteiger partial charge in [-0.25, -0.2) is 9.59 Å². The van der Waals surface area contributed by atoms with Crippen molar-refractivity contribution in [2.24, 2.45) is 23.7 Å². The van der Waals surface area contributed by atoms with Crippen LogP contribution in [-0.4, -0.2) is 64.8 Å². The number of benzene rings is 2. The molecule has 2 amide bonds. The van der Waals surface area contributed by atoms with Gasteiger partial charge in [-0.05, 0) is 119 Å². The summed E-state index contributed by atoms with van der Waals surface area (Å²) in [6, 6.07) is 21.7. The minimum Gasteiger partial charge on any atom is -0.475 e. The maximum absolute atomic E-state index is 13.7. The Morgan fingerprint density at radius 3 is 1.86 bits per heavy atom. The monoisotopic (exact) mass is 613 g/mol. The molecular weight excluding hydrogens is 567 g/mol. The summed E-state index contributed by atoms with van der Waals surface area (Å²) < 4.78 is 31.7. The predicted molar refractivity (Wildman–Crippen MR) is 164 cm³/mol. The molecule has 0 unspecified atom stereocenters. The van der Waals surface area contributed by atoms with Gasteiger partial charge >= 0.3 is 18.2 Å². The Balaban J connectivity index is 0.000000493. The highest BCUT2D eigenvalue weighted by Gasteiger charge is 2.51. The van der Waals surface area contributed by atoms with Crippen molar-refractivity contribution < 1.29 is 27.9 Å². The number of carbonyl (C=O) groups is 2. The van der Waals surface area contributed by atoms with Gasteiger partial charge < -0.3 is 20.2 Å². The van der Waals surface area contributed by atoms with Crippen LogP contribution in [0.5, 0.6) is 0 Å². The zero-order valence-electron chi connectivity index (χ0n) is 25.5. The molecule has 5 aliphatic rings. The predicted octanol–water partition coefficient (Wildman–Crippen LogP) is 7.15. The molecule has 4 aliphatic carbocycles. The lowest BCUT2D eigenvalue weighted by Crippen LogP contribution is -2.61. The third kappa shape index (κ3) is 8.99. The lowest BCUT2D eigenvalue weighted by atomic mass is 9.53. The quantitative estimate of drug-likeness (QED) is 0.315. The molecule has 2 N–H and O–H groups in total. The van der Waals surface area contributed by atoms with Crippen molar-refractivity contribution in [2.45, 2.75) is 82.5 Å². The molecule has 1 heterocycles. The highest BCUT2D eigenvalue weighted by molar-refractivity contribution is 5.75. The number of alkyl halides is 3. The minimum atomic E-state index is -5.08. The second-order valence-electron chi connectivity index (χ2n) is 13.7. The summed E-state index contributed by atoms with van der Waals surface area (Å²) in [5.41, 5.74) is 2.77. The van der Waals surface area contributed by atoms with E-state index in [0.29, 0.717) is 6.54 Å². The molecule has 7 rings (SSSR count). The van der Waals surface area contributed by atoms with Crippen LogP contribution in [-0.2, 0) is 17.8 Å². The van der Waals surface area contributed by atoms with Crippen molar-refractivity contribution in [2.75, 3.05) is 26.2 Å². The van der Waals surface area contributed by atoms with Crippen LogP contribution in [0.1, 0.15) is 68.9 Å². The number of aliphatic carboxylic acids is 1. The van der Waals surface area contributed by atoms with Gasteiger partial charge in [0.1, 0.15) is 0 Å². The van der Waals surface area contributed by atoms with E-state index in [1.54, 1.807) is 0 Å². The van der Waals surface area contributed by atoms with E-state index in [0.717, 1.165) is 43.2 Å². The molecule has 9 heteroatoms. The first-order valence-electron chi connectivity index (χ1n) is 16.2. The first-order chi connectivity index (χ1) is 21.1. The van der Waals surface area contributed by atoms with Crippen LogP contribution in [0.25, 0.3) is 0 Å². The third-order valence-corrected chi connectivity index (χ3v) is 10.1. The fourth-order valence-corrected chi connectivity index (χ4v) is 8.47. The molecule has 1 aliphatic heterocycles. The molecule has 1 saturated heterocycles. The number of nitrogens with one attached hydrogen (secondary N) is 1. The van der Waals surface area contributed by atoms with Crippen molar-refractivity contribution in [3.05, 3.63) is 71.8 Å². The first kappa shape index (κ1) is 32.3. The number of halogens is 3. The van der Waals surface area contributed by atoms with Gasteiger partial charge in [0.15, 0.2) is 0 Å². The lowest BCUT2D eigenvalue weighted by Gasteiger charge is -2.57. The van der Waals surface area contributed by atoms with Crippen LogP contribution in [0, 0.1) is 23.7 Å². The Morgan fingerprint density at radius 2 is 1.36 bits per heavy atom. The standard InChI is InChI=1S/C33H45N3O.C2HF3O2/c37-32(34-33-22-29-19-30(23-33)21-31(20-29)24-33)36(25-28-10-5-2-6-11-28)15-7-14-35-16-12-27(13-17-35)18-26-8-3-1-4-9-26;3-2(4,5)1(6)7/h1-6,8-11,27,29-31H,7,12-25H2,(H,34,37);(H,6,7). The van der Waals surface area contributed by atoms with Crippen molar-refractivity contribution in [1.29, 1.82) is 0 Å². The smallest absolute Gasteiger partial charge is 0.475 e. The number of rotatable bonds is 9. The Hall–Kier alpha value is -3.07. The number of hydrogen-bond acceptors (Lipinski definition) is 3. The largest absolute Gasteiger partial charge is 0.490 e. The molecule has 2 aromatic carbocycles. The zero-order chi connectivity index (χ0) is 31.2.